The predicted molar refractivity (Wildman–Crippen MR) is 105 cm³/mol. The van der Waals surface area contributed by atoms with Crippen molar-refractivity contribution in [3.8, 4) is 0 Å². The number of rotatable bonds is 6. The van der Waals surface area contributed by atoms with Gasteiger partial charge in [0.05, 0.1) is 5.41 Å². The highest BCUT2D eigenvalue weighted by atomic mass is 19.1. The Bertz CT molecular complexity index is 713. The van der Waals surface area contributed by atoms with Gasteiger partial charge in [-0.05, 0) is 49.3 Å². The van der Waals surface area contributed by atoms with Crippen molar-refractivity contribution in [3.05, 3.63) is 35.6 Å². The molecule has 0 unspecified atom stereocenters. The highest BCUT2D eigenvalue weighted by Crippen LogP contribution is 2.45. The lowest BCUT2D eigenvalue weighted by Crippen LogP contribution is -2.48. The third kappa shape index (κ3) is 4.37. The number of benzene rings is 1. The minimum atomic E-state index is -0.392. The van der Waals surface area contributed by atoms with Gasteiger partial charge in [0.1, 0.15) is 12.4 Å². The van der Waals surface area contributed by atoms with Crippen LogP contribution in [0.25, 0.3) is 0 Å². The largest absolute Gasteiger partial charge is 0.375 e. The minimum Gasteiger partial charge on any atom is -0.375 e. The molecule has 2 fully saturated rings. The van der Waals surface area contributed by atoms with Crippen molar-refractivity contribution in [1.82, 2.24) is 9.80 Å². The number of ether oxygens (including phenoxy) is 1. The van der Waals surface area contributed by atoms with Crippen LogP contribution in [0.15, 0.2) is 24.3 Å². The predicted octanol–water partition coefficient (Wildman–Crippen LogP) is 2.88. The Morgan fingerprint density at radius 1 is 1.32 bits per heavy atom. The molecule has 2 saturated heterocycles. The lowest BCUT2D eigenvalue weighted by atomic mass is 9.75. The highest BCUT2D eigenvalue weighted by molar-refractivity contribution is 5.86. The van der Waals surface area contributed by atoms with Crippen LogP contribution >= 0.6 is 0 Å². The molecule has 0 bridgehead atoms. The molecule has 154 valence electrons. The normalized spacial score (nSPS) is 21.8. The summed E-state index contributed by atoms with van der Waals surface area (Å²) in [5.41, 5.74) is 0.535. The van der Waals surface area contributed by atoms with Crippen LogP contribution < -0.4 is 0 Å². The van der Waals surface area contributed by atoms with Crippen LogP contribution in [0, 0.1) is 17.2 Å². The number of halogens is 1. The fraction of sp³-hybridized carbons (Fsp3) is 0.636. The molecule has 6 heteroatoms. The molecule has 2 amide bonds. The second-order valence-corrected chi connectivity index (χ2v) is 8.64. The van der Waals surface area contributed by atoms with E-state index in [9.17, 15) is 14.0 Å². The molecule has 2 aliphatic heterocycles. The minimum absolute atomic E-state index is 0.0156. The molecule has 28 heavy (non-hydrogen) atoms. The van der Waals surface area contributed by atoms with Gasteiger partial charge in [0.15, 0.2) is 0 Å². The Labute approximate surface area is 166 Å². The van der Waals surface area contributed by atoms with Crippen molar-refractivity contribution in [3.63, 3.8) is 0 Å². The van der Waals surface area contributed by atoms with Crippen LogP contribution in [-0.4, -0.2) is 61.0 Å². The van der Waals surface area contributed by atoms with Gasteiger partial charge in [0.25, 0.3) is 0 Å². The third-order valence-electron chi connectivity index (χ3n) is 6.04. The quantitative estimate of drug-likeness (QED) is 0.751. The summed E-state index contributed by atoms with van der Waals surface area (Å²) < 4.78 is 18.6. The topological polar surface area (TPSA) is 49.9 Å². The zero-order valence-corrected chi connectivity index (χ0v) is 17.1. The van der Waals surface area contributed by atoms with Gasteiger partial charge in [-0.25, -0.2) is 4.39 Å². The van der Waals surface area contributed by atoms with Crippen molar-refractivity contribution in [2.45, 2.75) is 45.6 Å². The molecule has 1 aromatic carbocycles. The second kappa shape index (κ2) is 8.60. The summed E-state index contributed by atoms with van der Waals surface area (Å²) in [4.78, 5) is 29.3. The SMILES string of the molecule is COCC(=O)N1CCC2(CC1)C[C@H](Cc1cccc(F)c1)N(CC(C)C)C2=O. The van der Waals surface area contributed by atoms with Gasteiger partial charge in [-0.2, -0.15) is 0 Å². The fourth-order valence-electron chi connectivity index (χ4n) is 4.68. The van der Waals surface area contributed by atoms with Gasteiger partial charge in [-0.1, -0.05) is 26.0 Å². The number of piperidine rings is 1. The maximum absolute atomic E-state index is 13.6. The molecule has 0 saturated carbocycles. The molecule has 2 aliphatic rings. The smallest absolute Gasteiger partial charge is 0.248 e. The molecule has 0 radical (unpaired) electrons. The van der Waals surface area contributed by atoms with E-state index in [2.05, 4.69) is 13.8 Å². The van der Waals surface area contributed by atoms with Crippen LogP contribution in [0.5, 0.6) is 0 Å². The summed E-state index contributed by atoms with van der Waals surface area (Å²) >= 11 is 0. The number of amides is 2. The van der Waals surface area contributed by atoms with Crippen molar-refractivity contribution in [1.29, 1.82) is 0 Å². The third-order valence-corrected chi connectivity index (χ3v) is 6.04. The van der Waals surface area contributed by atoms with Crippen LogP contribution in [0.4, 0.5) is 4.39 Å². The first kappa shape index (κ1) is 20.8. The average Bonchev–Trinajstić information content (AvgIpc) is 2.87. The number of carbonyl (C=O) groups excluding carboxylic acids is 2. The van der Waals surface area contributed by atoms with E-state index in [1.165, 1.54) is 13.2 Å². The van der Waals surface area contributed by atoms with Crippen molar-refractivity contribution < 1.29 is 18.7 Å². The van der Waals surface area contributed by atoms with Crippen LogP contribution in [0.1, 0.15) is 38.7 Å². The lowest BCUT2D eigenvalue weighted by molar-refractivity contribution is -0.144. The Hall–Kier alpha value is -1.95. The lowest BCUT2D eigenvalue weighted by Gasteiger charge is -2.38. The number of methoxy groups -OCH3 is 1. The first-order chi connectivity index (χ1) is 13.3. The number of carbonyl (C=O) groups is 2. The molecule has 1 atom stereocenters. The van der Waals surface area contributed by atoms with E-state index in [1.54, 1.807) is 17.0 Å². The van der Waals surface area contributed by atoms with E-state index in [0.717, 1.165) is 12.0 Å². The summed E-state index contributed by atoms with van der Waals surface area (Å²) in [5, 5.41) is 0. The summed E-state index contributed by atoms with van der Waals surface area (Å²) in [7, 11) is 1.52. The Morgan fingerprint density at radius 3 is 2.64 bits per heavy atom. The first-order valence-corrected chi connectivity index (χ1v) is 10.2. The maximum Gasteiger partial charge on any atom is 0.248 e. The van der Waals surface area contributed by atoms with Gasteiger partial charge in [-0.3, -0.25) is 9.59 Å². The van der Waals surface area contributed by atoms with Crippen LogP contribution in [0.2, 0.25) is 0 Å². The molecule has 0 N–H and O–H groups in total. The number of hydrogen-bond donors (Lipinski definition) is 0. The molecule has 2 heterocycles. The molecule has 3 rings (SSSR count). The first-order valence-electron chi connectivity index (χ1n) is 10.2. The van der Waals surface area contributed by atoms with Gasteiger partial charge in [0, 0.05) is 32.8 Å². The zero-order chi connectivity index (χ0) is 20.3. The van der Waals surface area contributed by atoms with Gasteiger partial charge in [-0.15, -0.1) is 0 Å². The van der Waals surface area contributed by atoms with E-state index in [-0.39, 0.29) is 30.3 Å². The van der Waals surface area contributed by atoms with E-state index in [1.807, 2.05) is 11.0 Å². The van der Waals surface area contributed by atoms with Crippen molar-refractivity contribution in [2.75, 3.05) is 33.4 Å². The van der Waals surface area contributed by atoms with Crippen LogP contribution in [-0.2, 0) is 20.7 Å². The summed E-state index contributed by atoms with van der Waals surface area (Å²) in [6.07, 6.45) is 2.83. The van der Waals surface area contributed by atoms with Gasteiger partial charge >= 0.3 is 0 Å². The van der Waals surface area contributed by atoms with E-state index in [4.69, 9.17) is 4.74 Å². The fourth-order valence-corrected chi connectivity index (χ4v) is 4.68. The molecular weight excluding hydrogens is 359 g/mol. The highest BCUT2D eigenvalue weighted by Gasteiger charge is 2.52. The van der Waals surface area contributed by atoms with Gasteiger partial charge < -0.3 is 14.5 Å². The Morgan fingerprint density at radius 2 is 2.04 bits per heavy atom. The molecule has 0 aliphatic carbocycles. The van der Waals surface area contributed by atoms with Gasteiger partial charge in [0.2, 0.25) is 11.8 Å². The summed E-state index contributed by atoms with van der Waals surface area (Å²) in [6.45, 7) is 6.22. The molecule has 5 nitrogen and oxygen atoms in total. The van der Waals surface area contributed by atoms with E-state index >= 15 is 0 Å². The zero-order valence-electron chi connectivity index (χ0n) is 17.1. The maximum atomic E-state index is 13.6. The average molecular weight is 390 g/mol. The summed E-state index contributed by atoms with van der Waals surface area (Å²) in [6, 6.07) is 6.75. The van der Waals surface area contributed by atoms with Crippen LogP contribution in [0.3, 0.4) is 0 Å². The molecule has 0 aromatic heterocycles. The monoisotopic (exact) mass is 390 g/mol. The molecule has 1 spiro atoms. The summed E-state index contributed by atoms with van der Waals surface area (Å²) in [5.74, 6) is 0.328. The molecular formula is C22H31FN2O3. The number of hydrogen-bond acceptors (Lipinski definition) is 3. The second-order valence-electron chi connectivity index (χ2n) is 8.64. The number of likely N-dealkylation sites (tertiary alicyclic amines) is 2. The number of nitrogens with zero attached hydrogens (tertiary/aromatic N) is 2. The molecule has 1 aromatic rings. The van der Waals surface area contributed by atoms with E-state index in [0.29, 0.717) is 44.8 Å². The van der Waals surface area contributed by atoms with Crippen molar-refractivity contribution >= 4 is 11.8 Å². The van der Waals surface area contributed by atoms with E-state index < -0.39 is 5.41 Å². The Balaban J connectivity index is 1.75. The van der Waals surface area contributed by atoms with Crippen molar-refractivity contribution in [2.24, 2.45) is 11.3 Å². The standard InChI is InChI=1S/C22H31FN2O3/c1-16(2)14-25-19(12-17-5-4-6-18(23)11-17)13-22(21(25)27)7-9-24(10-8-22)20(26)15-28-3/h4-6,11,16,19H,7-10,12-15H2,1-3H3/t19-/m0/s1. The Kier molecular flexibility index (Phi) is 6.38.